The Morgan fingerprint density at radius 3 is 2.84 bits per heavy atom. The van der Waals surface area contributed by atoms with Crippen molar-refractivity contribution in [1.82, 2.24) is 19.9 Å². The highest BCUT2D eigenvalue weighted by Crippen LogP contribution is 2.18. The van der Waals surface area contributed by atoms with Gasteiger partial charge in [0.1, 0.15) is 5.82 Å². The van der Waals surface area contributed by atoms with E-state index >= 15 is 0 Å². The van der Waals surface area contributed by atoms with E-state index in [1.165, 1.54) is 16.5 Å². The molecule has 0 bridgehead atoms. The Kier molecular flexibility index (Phi) is 4.52. The minimum Gasteiger partial charge on any atom is -0.361 e. The third-order valence-corrected chi connectivity index (χ3v) is 4.82. The van der Waals surface area contributed by atoms with E-state index in [2.05, 4.69) is 67.6 Å². The SMILES string of the molecule is CN1CCN(c2ccnc(NCCc3c[nH]c4ccccc34)n2)CC1. The van der Waals surface area contributed by atoms with Gasteiger partial charge in [0.05, 0.1) is 0 Å². The van der Waals surface area contributed by atoms with Crippen LogP contribution in [0.25, 0.3) is 10.9 Å². The first-order valence-corrected chi connectivity index (χ1v) is 8.85. The van der Waals surface area contributed by atoms with E-state index in [9.17, 15) is 0 Å². The van der Waals surface area contributed by atoms with Crippen LogP contribution in [0.3, 0.4) is 0 Å². The van der Waals surface area contributed by atoms with Crippen molar-refractivity contribution in [3.05, 3.63) is 48.3 Å². The summed E-state index contributed by atoms with van der Waals surface area (Å²) in [6.07, 6.45) is 4.87. The largest absolute Gasteiger partial charge is 0.361 e. The highest BCUT2D eigenvalue weighted by atomic mass is 15.3. The Labute approximate surface area is 147 Å². The lowest BCUT2D eigenvalue weighted by Gasteiger charge is -2.33. The average Bonchev–Trinajstić information content (AvgIpc) is 3.06. The number of fused-ring (bicyclic) bond motifs is 1. The lowest BCUT2D eigenvalue weighted by molar-refractivity contribution is 0.312. The zero-order valence-electron chi connectivity index (χ0n) is 14.6. The van der Waals surface area contributed by atoms with Crippen molar-refractivity contribution in [2.75, 3.05) is 50.0 Å². The number of H-pyrrole nitrogens is 1. The fraction of sp³-hybridized carbons (Fsp3) is 0.368. The second-order valence-corrected chi connectivity index (χ2v) is 6.57. The summed E-state index contributed by atoms with van der Waals surface area (Å²) in [5, 5.41) is 4.65. The van der Waals surface area contributed by atoms with Gasteiger partial charge in [-0.15, -0.1) is 0 Å². The molecular formula is C19H24N6. The van der Waals surface area contributed by atoms with Crippen LogP contribution < -0.4 is 10.2 Å². The van der Waals surface area contributed by atoms with Crippen molar-refractivity contribution >= 4 is 22.7 Å². The molecule has 0 unspecified atom stereocenters. The summed E-state index contributed by atoms with van der Waals surface area (Å²) in [5.41, 5.74) is 2.50. The molecule has 3 heterocycles. The minimum atomic E-state index is 0.705. The molecule has 6 heteroatoms. The molecule has 0 amide bonds. The van der Waals surface area contributed by atoms with Gasteiger partial charge in [-0.3, -0.25) is 0 Å². The molecule has 6 nitrogen and oxygen atoms in total. The number of hydrogen-bond acceptors (Lipinski definition) is 5. The molecule has 1 aliphatic rings. The first-order valence-electron chi connectivity index (χ1n) is 8.85. The van der Waals surface area contributed by atoms with Crippen LogP contribution >= 0.6 is 0 Å². The number of nitrogens with one attached hydrogen (secondary N) is 2. The Morgan fingerprint density at radius 1 is 1.12 bits per heavy atom. The number of nitrogens with zero attached hydrogens (tertiary/aromatic N) is 4. The Morgan fingerprint density at radius 2 is 1.96 bits per heavy atom. The van der Waals surface area contributed by atoms with Crippen molar-refractivity contribution < 1.29 is 0 Å². The van der Waals surface area contributed by atoms with Gasteiger partial charge in [-0.2, -0.15) is 4.98 Å². The molecule has 0 radical (unpaired) electrons. The molecule has 1 fully saturated rings. The fourth-order valence-corrected chi connectivity index (χ4v) is 3.29. The maximum atomic E-state index is 4.68. The summed E-state index contributed by atoms with van der Waals surface area (Å²) in [6.45, 7) is 5.00. The third kappa shape index (κ3) is 3.58. The van der Waals surface area contributed by atoms with Crippen molar-refractivity contribution in [2.24, 2.45) is 0 Å². The van der Waals surface area contributed by atoms with Crippen LogP contribution in [0.15, 0.2) is 42.7 Å². The van der Waals surface area contributed by atoms with Gasteiger partial charge >= 0.3 is 0 Å². The van der Waals surface area contributed by atoms with Crippen LogP contribution in [-0.4, -0.2) is 59.6 Å². The number of para-hydroxylation sites is 1. The Balaban J connectivity index is 1.37. The topological polar surface area (TPSA) is 60.1 Å². The molecule has 2 N–H and O–H groups in total. The summed E-state index contributed by atoms with van der Waals surface area (Å²) in [4.78, 5) is 17.0. The van der Waals surface area contributed by atoms with Gasteiger partial charge in [-0.1, -0.05) is 18.2 Å². The summed E-state index contributed by atoms with van der Waals surface area (Å²) in [6, 6.07) is 10.4. The van der Waals surface area contributed by atoms with Crippen molar-refractivity contribution in [3.8, 4) is 0 Å². The number of aromatic amines is 1. The Bertz CT molecular complexity index is 835. The van der Waals surface area contributed by atoms with Gasteiger partial charge in [0.15, 0.2) is 0 Å². The molecule has 130 valence electrons. The number of rotatable bonds is 5. The van der Waals surface area contributed by atoms with Crippen LogP contribution in [0.4, 0.5) is 11.8 Å². The highest BCUT2D eigenvalue weighted by molar-refractivity contribution is 5.83. The first-order chi connectivity index (χ1) is 12.3. The van der Waals surface area contributed by atoms with Gasteiger partial charge < -0.3 is 20.1 Å². The number of benzene rings is 1. The number of aromatic nitrogens is 3. The van der Waals surface area contributed by atoms with Gasteiger partial charge in [0.2, 0.25) is 5.95 Å². The lowest BCUT2D eigenvalue weighted by Crippen LogP contribution is -2.44. The smallest absolute Gasteiger partial charge is 0.224 e. The van der Waals surface area contributed by atoms with Gasteiger partial charge in [-0.05, 0) is 31.2 Å². The monoisotopic (exact) mass is 336 g/mol. The quantitative estimate of drug-likeness (QED) is 0.749. The van der Waals surface area contributed by atoms with Crippen LogP contribution in [0.5, 0.6) is 0 Å². The zero-order chi connectivity index (χ0) is 17.1. The molecule has 1 aliphatic heterocycles. The lowest BCUT2D eigenvalue weighted by atomic mass is 10.1. The molecule has 0 spiro atoms. The molecule has 1 aromatic carbocycles. The maximum Gasteiger partial charge on any atom is 0.224 e. The van der Waals surface area contributed by atoms with Crippen LogP contribution in [0.2, 0.25) is 0 Å². The van der Waals surface area contributed by atoms with Gasteiger partial charge in [0, 0.05) is 56.0 Å². The van der Waals surface area contributed by atoms with E-state index in [-0.39, 0.29) is 0 Å². The second kappa shape index (κ2) is 7.11. The average molecular weight is 336 g/mol. The molecule has 0 atom stereocenters. The number of piperazine rings is 1. The predicted molar refractivity (Wildman–Crippen MR) is 102 cm³/mol. The number of likely N-dealkylation sites (N-methyl/N-ethyl adjacent to an activating group) is 1. The minimum absolute atomic E-state index is 0.705. The molecule has 0 saturated carbocycles. The van der Waals surface area contributed by atoms with Crippen molar-refractivity contribution in [3.63, 3.8) is 0 Å². The van der Waals surface area contributed by atoms with E-state index in [1.807, 2.05) is 12.3 Å². The van der Waals surface area contributed by atoms with E-state index in [0.29, 0.717) is 5.95 Å². The number of anilines is 2. The van der Waals surface area contributed by atoms with Crippen LogP contribution in [0, 0.1) is 0 Å². The van der Waals surface area contributed by atoms with Crippen molar-refractivity contribution in [1.29, 1.82) is 0 Å². The molecule has 3 aromatic rings. The standard InChI is InChI=1S/C19H24N6/c1-24-10-12-25(13-11-24)18-7-9-21-19(23-18)20-8-6-15-14-22-17-5-3-2-4-16(15)17/h2-5,7,9,14,22H,6,8,10-13H2,1H3,(H,20,21,23). The summed E-state index contributed by atoms with van der Waals surface area (Å²) < 4.78 is 0. The summed E-state index contributed by atoms with van der Waals surface area (Å²) in [7, 11) is 2.16. The normalized spacial score (nSPS) is 15.6. The maximum absolute atomic E-state index is 4.68. The highest BCUT2D eigenvalue weighted by Gasteiger charge is 2.15. The van der Waals surface area contributed by atoms with Gasteiger partial charge in [-0.25, -0.2) is 4.98 Å². The predicted octanol–water partition coefficient (Wildman–Crippen LogP) is 2.36. The van der Waals surface area contributed by atoms with E-state index < -0.39 is 0 Å². The third-order valence-electron chi connectivity index (χ3n) is 4.82. The molecule has 2 aromatic heterocycles. The summed E-state index contributed by atoms with van der Waals surface area (Å²) in [5.74, 6) is 1.72. The molecule has 25 heavy (non-hydrogen) atoms. The van der Waals surface area contributed by atoms with Gasteiger partial charge in [0.25, 0.3) is 0 Å². The molecule has 1 saturated heterocycles. The first kappa shape index (κ1) is 15.9. The van der Waals surface area contributed by atoms with Crippen LogP contribution in [-0.2, 0) is 6.42 Å². The molecular weight excluding hydrogens is 312 g/mol. The molecule has 4 rings (SSSR count). The Hall–Kier alpha value is -2.60. The second-order valence-electron chi connectivity index (χ2n) is 6.57. The van der Waals surface area contributed by atoms with E-state index in [0.717, 1.165) is 45.0 Å². The number of hydrogen-bond donors (Lipinski definition) is 2. The van der Waals surface area contributed by atoms with Crippen LogP contribution in [0.1, 0.15) is 5.56 Å². The zero-order valence-corrected chi connectivity index (χ0v) is 14.6. The van der Waals surface area contributed by atoms with E-state index in [1.54, 1.807) is 0 Å². The summed E-state index contributed by atoms with van der Waals surface area (Å²) >= 11 is 0. The van der Waals surface area contributed by atoms with E-state index in [4.69, 9.17) is 0 Å². The fourth-order valence-electron chi connectivity index (χ4n) is 3.29. The van der Waals surface area contributed by atoms with Crippen molar-refractivity contribution in [2.45, 2.75) is 6.42 Å². The molecule has 0 aliphatic carbocycles.